The monoisotopic (exact) mass is 398 g/mol. The average molecular weight is 398 g/mol. The van der Waals surface area contributed by atoms with Gasteiger partial charge >= 0.3 is 5.97 Å². The van der Waals surface area contributed by atoms with Crippen molar-refractivity contribution in [2.75, 3.05) is 18.6 Å². The molecule has 0 N–H and O–H groups in total. The summed E-state index contributed by atoms with van der Waals surface area (Å²) in [5, 5.41) is 0.880. The molecular weight excluding hydrogens is 380 g/mol. The highest BCUT2D eigenvalue weighted by Crippen LogP contribution is 2.40. The SMILES string of the molecule is COC(=O)[C@@H]1CN(c2nc(-c3cccnc3)nc3ccccc23)c2ccccc2O1. The third-order valence-electron chi connectivity index (χ3n) is 5.00. The molecule has 1 atom stereocenters. The molecule has 7 nitrogen and oxygen atoms in total. The second kappa shape index (κ2) is 7.44. The summed E-state index contributed by atoms with van der Waals surface area (Å²) in [6, 6.07) is 19.2. The van der Waals surface area contributed by atoms with Crippen molar-refractivity contribution in [3.05, 3.63) is 73.1 Å². The van der Waals surface area contributed by atoms with Crippen LogP contribution in [-0.2, 0) is 9.53 Å². The highest BCUT2D eigenvalue weighted by Gasteiger charge is 2.33. The maximum atomic E-state index is 12.3. The summed E-state index contributed by atoms with van der Waals surface area (Å²) < 4.78 is 10.8. The summed E-state index contributed by atoms with van der Waals surface area (Å²) in [5.41, 5.74) is 2.45. The predicted molar refractivity (Wildman–Crippen MR) is 113 cm³/mol. The van der Waals surface area contributed by atoms with Gasteiger partial charge in [-0.25, -0.2) is 14.8 Å². The van der Waals surface area contributed by atoms with Crippen LogP contribution in [0.15, 0.2) is 73.1 Å². The minimum atomic E-state index is -0.763. The molecule has 2 aromatic carbocycles. The van der Waals surface area contributed by atoms with Crippen LogP contribution in [0.5, 0.6) is 5.75 Å². The number of carbonyl (C=O) groups excluding carboxylic acids is 1. The summed E-state index contributed by atoms with van der Waals surface area (Å²) in [6.45, 7) is 0.275. The topological polar surface area (TPSA) is 77.4 Å². The van der Waals surface area contributed by atoms with Gasteiger partial charge in [0.25, 0.3) is 0 Å². The number of esters is 1. The molecule has 0 amide bonds. The number of aromatic nitrogens is 3. The van der Waals surface area contributed by atoms with Gasteiger partial charge in [-0.05, 0) is 36.4 Å². The first-order valence-corrected chi connectivity index (χ1v) is 9.53. The number of ether oxygens (including phenoxy) is 2. The third kappa shape index (κ3) is 3.10. The van der Waals surface area contributed by atoms with Gasteiger partial charge in [0, 0.05) is 23.3 Å². The number of para-hydroxylation sites is 3. The van der Waals surface area contributed by atoms with Gasteiger partial charge in [0.2, 0.25) is 6.10 Å². The van der Waals surface area contributed by atoms with Crippen LogP contribution in [0.4, 0.5) is 11.5 Å². The van der Waals surface area contributed by atoms with Crippen molar-refractivity contribution < 1.29 is 14.3 Å². The zero-order valence-corrected chi connectivity index (χ0v) is 16.2. The van der Waals surface area contributed by atoms with E-state index in [4.69, 9.17) is 19.4 Å². The Hall–Kier alpha value is -4.00. The van der Waals surface area contributed by atoms with E-state index in [1.165, 1.54) is 7.11 Å². The number of pyridine rings is 1. The smallest absolute Gasteiger partial charge is 0.348 e. The Bertz CT molecular complexity index is 1230. The zero-order chi connectivity index (χ0) is 20.5. The van der Waals surface area contributed by atoms with E-state index in [0.29, 0.717) is 17.4 Å². The summed E-state index contributed by atoms with van der Waals surface area (Å²) >= 11 is 0. The Morgan fingerprint density at radius 3 is 2.73 bits per heavy atom. The lowest BCUT2D eigenvalue weighted by Gasteiger charge is -2.34. The van der Waals surface area contributed by atoms with Crippen molar-refractivity contribution in [3.63, 3.8) is 0 Å². The molecule has 0 unspecified atom stereocenters. The summed E-state index contributed by atoms with van der Waals surface area (Å²) in [7, 11) is 1.36. The number of benzene rings is 2. The Morgan fingerprint density at radius 2 is 1.90 bits per heavy atom. The molecular formula is C23H18N4O3. The third-order valence-corrected chi connectivity index (χ3v) is 5.00. The van der Waals surface area contributed by atoms with E-state index >= 15 is 0 Å². The van der Waals surface area contributed by atoms with E-state index in [-0.39, 0.29) is 6.54 Å². The van der Waals surface area contributed by atoms with Crippen LogP contribution in [-0.4, -0.2) is 40.7 Å². The van der Waals surface area contributed by atoms with Gasteiger partial charge in [-0.1, -0.05) is 24.3 Å². The Kier molecular flexibility index (Phi) is 4.48. The van der Waals surface area contributed by atoms with Crippen LogP contribution in [0, 0.1) is 0 Å². The van der Waals surface area contributed by atoms with E-state index in [1.807, 2.05) is 65.6 Å². The fraction of sp³-hybridized carbons (Fsp3) is 0.130. The van der Waals surface area contributed by atoms with Gasteiger partial charge < -0.3 is 14.4 Å². The molecule has 3 heterocycles. The first-order valence-electron chi connectivity index (χ1n) is 9.53. The lowest BCUT2D eigenvalue weighted by Crippen LogP contribution is -2.43. The normalized spacial score (nSPS) is 15.4. The number of fused-ring (bicyclic) bond motifs is 2. The van der Waals surface area contributed by atoms with Crippen molar-refractivity contribution in [2.24, 2.45) is 0 Å². The Labute approximate surface area is 172 Å². The second-order valence-corrected chi connectivity index (χ2v) is 6.84. The van der Waals surface area contributed by atoms with Gasteiger partial charge in [0.15, 0.2) is 5.82 Å². The molecule has 2 aromatic heterocycles. The van der Waals surface area contributed by atoms with Crippen LogP contribution >= 0.6 is 0 Å². The van der Waals surface area contributed by atoms with Gasteiger partial charge in [0.05, 0.1) is 24.9 Å². The van der Waals surface area contributed by atoms with Crippen molar-refractivity contribution in [3.8, 4) is 17.1 Å². The molecule has 1 aliphatic heterocycles. The molecule has 0 saturated heterocycles. The van der Waals surface area contributed by atoms with Crippen molar-refractivity contribution in [2.45, 2.75) is 6.10 Å². The Morgan fingerprint density at radius 1 is 1.07 bits per heavy atom. The second-order valence-electron chi connectivity index (χ2n) is 6.84. The lowest BCUT2D eigenvalue weighted by molar-refractivity contribution is -0.148. The average Bonchev–Trinajstić information content (AvgIpc) is 2.82. The number of anilines is 2. The molecule has 0 saturated carbocycles. The minimum Gasteiger partial charge on any atom is -0.475 e. The summed E-state index contributed by atoms with van der Waals surface area (Å²) in [6.07, 6.45) is 2.68. The van der Waals surface area contributed by atoms with E-state index in [9.17, 15) is 4.79 Å². The predicted octanol–water partition coefficient (Wildman–Crippen LogP) is 3.76. The minimum absolute atomic E-state index is 0.275. The maximum Gasteiger partial charge on any atom is 0.348 e. The van der Waals surface area contributed by atoms with E-state index in [0.717, 1.165) is 22.2 Å². The molecule has 148 valence electrons. The summed E-state index contributed by atoms with van der Waals surface area (Å²) in [5.74, 6) is 1.43. The van der Waals surface area contributed by atoms with E-state index < -0.39 is 12.1 Å². The van der Waals surface area contributed by atoms with Crippen molar-refractivity contribution >= 4 is 28.4 Å². The molecule has 4 aromatic rings. The van der Waals surface area contributed by atoms with Gasteiger partial charge in [-0.15, -0.1) is 0 Å². The van der Waals surface area contributed by atoms with Crippen LogP contribution in [0.25, 0.3) is 22.3 Å². The number of rotatable bonds is 3. The fourth-order valence-corrected chi connectivity index (χ4v) is 3.58. The number of nitrogens with zero attached hydrogens (tertiary/aromatic N) is 4. The van der Waals surface area contributed by atoms with E-state index in [1.54, 1.807) is 12.4 Å². The zero-order valence-electron chi connectivity index (χ0n) is 16.2. The maximum absolute atomic E-state index is 12.3. The number of hydrogen-bond donors (Lipinski definition) is 0. The highest BCUT2D eigenvalue weighted by atomic mass is 16.6. The molecule has 0 radical (unpaired) electrons. The molecule has 0 aliphatic carbocycles. The highest BCUT2D eigenvalue weighted by molar-refractivity contribution is 5.94. The van der Waals surface area contributed by atoms with Crippen molar-refractivity contribution in [1.82, 2.24) is 15.0 Å². The van der Waals surface area contributed by atoms with Crippen LogP contribution in [0.2, 0.25) is 0 Å². The number of methoxy groups -OCH3 is 1. The van der Waals surface area contributed by atoms with Gasteiger partial charge in [-0.3, -0.25) is 4.98 Å². The quantitative estimate of drug-likeness (QED) is 0.486. The molecule has 7 heteroatoms. The van der Waals surface area contributed by atoms with E-state index in [2.05, 4.69) is 4.98 Å². The fourth-order valence-electron chi connectivity index (χ4n) is 3.58. The largest absolute Gasteiger partial charge is 0.475 e. The van der Waals surface area contributed by atoms with Crippen LogP contribution < -0.4 is 9.64 Å². The molecule has 30 heavy (non-hydrogen) atoms. The summed E-state index contributed by atoms with van der Waals surface area (Å²) in [4.78, 5) is 28.1. The number of carbonyl (C=O) groups is 1. The molecule has 5 rings (SSSR count). The standard InChI is InChI=1S/C23H18N4O3/c1-29-23(28)20-14-27(18-10-4-5-11-19(18)30-20)22-16-8-2-3-9-17(16)25-21(26-22)15-7-6-12-24-13-15/h2-13,20H,14H2,1H3/t20-/m0/s1. The van der Waals surface area contributed by atoms with Crippen LogP contribution in [0.1, 0.15) is 0 Å². The first-order chi connectivity index (χ1) is 14.7. The lowest BCUT2D eigenvalue weighted by atomic mass is 10.1. The van der Waals surface area contributed by atoms with Crippen LogP contribution in [0.3, 0.4) is 0 Å². The number of hydrogen-bond acceptors (Lipinski definition) is 7. The molecule has 0 spiro atoms. The molecule has 0 bridgehead atoms. The van der Waals surface area contributed by atoms with Gasteiger partial charge in [-0.2, -0.15) is 0 Å². The van der Waals surface area contributed by atoms with Crippen molar-refractivity contribution in [1.29, 1.82) is 0 Å². The Balaban J connectivity index is 1.72. The first kappa shape index (κ1) is 18.1. The van der Waals surface area contributed by atoms with Gasteiger partial charge in [0.1, 0.15) is 11.6 Å². The molecule has 0 fully saturated rings. The molecule has 1 aliphatic rings.